The van der Waals surface area contributed by atoms with Crippen LogP contribution < -0.4 is 16.2 Å². The minimum atomic E-state index is -4.02. The Morgan fingerprint density at radius 2 is 2.16 bits per heavy atom. The molecule has 0 saturated carbocycles. The molecule has 104 valence electrons. The molecule has 0 saturated heterocycles. The van der Waals surface area contributed by atoms with E-state index in [1.54, 1.807) is 5.38 Å². The summed E-state index contributed by atoms with van der Waals surface area (Å²) in [5, 5.41) is 1.48. The lowest BCUT2D eigenvalue weighted by Crippen LogP contribution is -2.53. The van der Waals surface area contributed by atoms with Crippen LogP contribution in [0.2, 0.25) is 0 Å². The first kappa shape index (κ1) is 13.8. The van der Waals surface area contributed by atoms with Crippen molar-refractivity contribution in [1.82, 2.24) is 14.1 Å². The van der Waals surface area contributed by atoms with Gasteiger partial charge in [0.05, 0.1) is 0 Å². The number of primary amides is 1. The van der Waals surface area contributed by atoms with Crippen molar-refractivity contribution in [2.75, 3.05) is 5.73 Å². The second kappa shape index (κ2) is 4.18. The Balaban J connectivity index is 2.54. The molecular formula is C9H13N5O3S2. The third-order valence-corrected chi connectivity index (χ3v) is 4.95. The Bertz CT molecular complexity index is 743. The molecule has 10 heteroatoms. The van der Waals surface area contributed by atoms with Crippen LogP contribution in [0.4, 0.5) is 5.82 Å². The molecule has 2 aromatic rings. The molecule has 0 fully saturated rings. The number of nitrogens with zero attached hydrogens (tertiary/aromatic N) is 2. The van der Waals surface area contributed by atoms with Gasteiger partial charge in [-0.15, -0.1) is 11.3 Å². The van der Waals surface area contributed by atoms with Crippen molar-refractivity contribution < 1.29 is 13.2 Å². The van der Waals surface area contributed by atoms with Gasteiger partial charge in [-0.25, -0.2) is 13.4 Å². The molecular weight excluding hydrogens is 290 g/mol. The summed E-state index contributed by atoms with van der Waals surface area (Å²) in [7, 11) is -4.02. The smallest absolute Gasteiger partial charge is 0.261 e. The number of imidazole rings is 1. The number of thiazole rings is 1. The first-order valence-corrected chi connectivity index (χ1v) is 7.56. The monoisotopic (exact) mass is 303 g/mol. The SMILES string of the molecule is CC(C)(NS(=O)(=O)c1c(N)nc2sccn12)C(N)=O. The second-order valence-electron chi connectivity index (χ2n) is 4.45. The van der Waals surface area contributed by atoms with E-state index in [4.69, 9.17) is 11.5 Å². The van der Waals surface area contributed by atoms with Crippen LogP contribution in [0.25, 0.3) is 4.96 Å². The summed E-state index contributed by atoms with van der Waals surface area (Å²) in [5.74, 6) is -0.916. The van der Waals surface area contributed by atoms with Gasteiger partial charge in [-0.2, -0.15) is 4.72 Å². The maximum absolute atomic E-state index is 12.3. The molecule has 2 aromatic heterocycles. The number of amides is 1. The van der Waals surface area contributed by atoms with Crippen molar-refractivity contribution in [3.63, 3.8) is 0 Å². The number of hydrogen-bond donors (Lipinski definition) is 3. The first-order valence-electron chi connectivity index (χ1n) is 5.20. The molecule has 2 rings (SSSR count). The molecule has 0 atom stereocenters. The highest BCUT2D eigenvalue weighted by atomic mass is 32.2. The number of anilines is 1. The number of carbonyl (C=O) groups excluding carboxylic acids is 1. The number of nitrogen functional groups attached to an aromatic ring is 1. The fraction of sp³-hybridized carbons (Fsp3) is 0.333. The van der Waals surface area contributed by atoms with Crippen molar-refractivity contribution in [1.29, 1.82) is 0 Å². The molecule has 1 amide bonds. The molecule has 19 heavy (non-hydrogen) atoms. The van der Waals surface area contributed by atoms with Crippen LogP contribution in [-0.2, 0) is 14.8 Å². The van der Waals surface area contributed by atoms with E-state index in [-0.39, 0.29) is 10.8 Å². The normalized spacial score (nSPS) is 12.9. The summed E-state index contributed by atoms with van der Waals surface area (Å²) < 4.78 is 28.1. The van der Waals surface area contributed by atoms with Gasteiger partial charge in [-0.1, -0.05) is 0 Å². The van der Waals surface area contributed by atoms with Gasteiger partial charge in [-0.3, -0.25) is 9.20 Å². The fourth-order valence-electron chi connectivity index (χ4n) is 1.48. The Hall–Kier alpha value is -1.65. The molecule has 0 aliphatic rings. The quantitative estimate of drug-likeness (QED) is 0.701. The lowest BCUT2D eigenvalue weighted by molar-refractivity contribution is -0.122. The average Bonchev–Trinajstić information content (AvgIpc) is 2.73. The van der Waals surface area contributed by atoms with Crippen LogP contribution in [0.15, 0.2) is 16.6 Å². The van der Waals surface area contributed by atoms with Gasteiger partial charge >= 0.3 is 0 Å². The largest absolute Gasteiger partial charge is 0.381 e. The van der Waals surface area contributed by atoms with Crippen molar-refractivity contribution >= 4 is 38.0 Å². The lowest BCUT2D eigenvalue weighted by atomic mass is 10.1. The summed E-state index contributed by atoms with van der Waals surface area (Å²) in [6.45, 7) is 2.74. The fourth-order valence-corrected chi connectivity index (χ4v) is 3.86. The van der Waals surface area contributed by atoms with E-state index in [1.165, 1.54) is 35.8 Å². The number of carbonyl (C=O) groups is 1. The summed E-state index contributed by atoms with van der Waals surface area (Å²) in [6, 6.07) is 0. The summed E-state index contributed by atoms with van der Waals surface area (Å²) >= 11 is 1.25. The Kier molecular flexibility index (Phi) is 3.03. The second-order valence-corrected chi connectivity index (χ2v) is 6.92. The molecule has 0 spiro atoms. The van der Waals surface area contributed by atoms with Crippen LogP contribution in [-0.4, -0.2) is 29.2 Å². The molecule has 0 aliphatic heterocycles. The molecule has 5 N–H and O–H groups in total. The van der Waals surface area contributed by atoms with Crippen molar-refractivity contribution in [2.45, 2.75) is 24.4 Å². The third kappa shape index (κ3) is 2.29. The average molecular weight is 303 g/mol. The van der Waals surface area contributed by atoms with Gasteiger partial charge in [0.1, 0.15) is 5.54 Å². The molecule has 0 aromatic carbocycles. The number of aromatic nitrogens is 2. The van der Waals surface area contributed by atoms with Gasteiger partial charge in [-0.05, 0) is 13.8 Å². The Morgan fingerprint density at radius 3 is 2.74 bits per heavy atom. The highest BCUT2D eigenvalue weighted by Gasteiger charge is 2.34. The van der Waals surface area contributed by atoms with E-state index in [0.29, 0.717) is 4.96 Å². The highest BCUT2D eigenvalue weighted by Crippen LogP contribution is 2.24. The molecule has 8 nitrogen and oxygen atoms in total. The van der Waals surface area contributed by atoms with Gasteiger partial charge in [0, 0.05) is 11.6 Å². The van der Waals surface area contributed by atoms with Crippen molar-refractivity contribution in [2.24, 2.45) is 5.73 Å². The predicted molar refractivity (Wildman–Crippen MR) is 71.1 cm³/mol. The van der Waals surface area contributed by atoms with Crippen LogP contribution in [0.5, 0.6) is 0 Å². The van der Waals surface area contributed by atoms with Crippen LogP contribution in [0, 0.1) is 0 Å². The van der Waals surface area contributed by atoms with E-state index < -0.39 is 21.5 Å². The number of nitrogens with two attached hydrogens (primary N) is 2. The number of hydrogen-bond acceptors (Lipinski definition) is 6. The topological polar surface area (TPSA) is 133 Å². The van der Waals surface area contributed by atoms with Gasteiger partial charge in [0.2, 0.25) is 5.91 Å². The Morgan fingerprint density at radius 1 is 1.53 bits per heavy atom. The maximum Gasteiger partial charge on any atom is 0.261 e. The zero-order valence-electron chi connectivity index (χ0n) is 10.2. The standard InChI is InChI=1S/C9H13N5O3S2/c1-9(2,7(11)15)13-19(16,17)6-5(10)12-8-14(6)3-4-18-8/h3-4,13H,10H2,1-2H3,(H2,11,15). The highest BCUT2D eigenvalue weighted by molar-refractivity contribution is 7.89. The van der Waals surface area contributed by atoms with E-state index in [2.05, 4.69) is 9.71 Å². The molecule has 0 unspecified atom stereocenters. The number of rotatable bonds is 4. The maximum atomic E-state index is 12.3. The minimum absolute atomic E-state index is 0.125. The van der Waals surface area contributed by atoms with Crippen LogP contribution in [0.1, 0.15) is 13.8 Å². The van der Waals surface area contributed by atoms with Crippen molar-refractivity contribution in [3.05, 3.63) is 11.6 Å². The minimum Gasteiger partial charge on any atom is -0.381 e. The van der Waals surface area contributed by atoms with E-state index in [9.17, 15) is 13.2 Å². The van der Waals surface area contributed by atoms with Gasteiger partial charge < -0.3 is 11.5 Å². The number of sulfonamides is 1. The van der Waals surface area contributed by atoms with Gasteiger partial charge in [0.15, 0.2) is 15.8 Å². The first-order chi connectivity index (χ1) is 8.65. The Labute approximate surface area is 113 Å². The van der Waals surface area contributed by atoms with Crippen LogP contribution >= 0.6 is 11.3 Å². The van der Waals surface area contributed by atoms with Gasteiger partial charge in [0.25, 0.3) is 10.0 Å². The molecule has 0 bridgehead atoms. The summed E-state index contributed by atoms with van der Waals surface area (Å²) in [5.41, 5.74) is 9.34. The van der Waals surface area contributed by atoms with E-state index in [0.717, 1.165) is 0 Å². The summed E-state index contributed by atoms with van der Waals surface area (Å²) in [4.78, 5) is 15.6. The molecule has 0 aliphatic carbocycles. The third-order valence-electron chi connectivity index (χ3n) is 2.50. The molecule has 2 heterocycles. The predicted octanol–water partition coefficient (Wildman–Crippen LogP) is -0.480. The molecule has 0 radical (unpaired) electrons. The number of nitrogens with one attached hydrogen (secondary N) is 1. The van der Waals surface area contributed by atoms with E-state index >= 15 is 0 Å². The zero-order valence-corrected chi connectivity index (χ0v) is 11.9. The zero-order chi connectivity index (χ0) is 14.4. The number of fused-ring (bicyclic) bond motifs is 1. The lowest BCUT2D eigenvalue weighted by Gasteiger charge is -2.21. The summed E-state index contributed by atoms with van der Waals surface area (Å²) in [6.07, 6.45) is 1.54. The van der Waals surface area contributed by atoms with Crippen LogP contribution in [0.3, 0.4) is 0 Å². The van der Waals surface area contributed by atoms with E-state index in [1.807, 2.05) is 0 Å². The van der Waals surface area contributed by atoms with Crippen molar-refractivity contribution in [3.8, 4) is 0 Å².